The zero-order chi connectivity index (χ0) is 17.6. The maximum atomic E-state index is 11.6. The fourth-order valence-corrected chi connectivity index (χ4v) is 2.36. The molecule has 2 amide bonds. The number of rotatable bonds is 5. The number of carbonyl (C=O) groups excluding carboxylic acids is 1. The summed E-state index contributed by atoms with van der Waals surface area (Å²) in [6, 6.07) is 7.35. The molecule has 3 rings (SSSR count). The molecule has 0 spiro atoms. The van der Waals surface area contributed by atoms with Gasteiger partial charge in [0.2, 0.25) is 5.90 Å². The minimum absolute atomic E-state index is 0.225. The van der Waals surface area contributed by atoms with Gasteiger partial charge in [-0.1, -0.05) is 12.1 Å². The van der Waals surface area contributed by atoms with E-state index in [1.807, 2.05) is 44.4 Å². The molecule has 130 valence electrons. The largest absolute Gasteiger partial charge is 0.447 e. The van der Waals surface area contributed by atoms with E-state index in [1.54, 1.807) is 28.3 Å². The molecule has 0 fully saturated rings. The molecule has 0 atom stereocenters. The van der Waals surface area contributed by atoms with Crippen molar-refractivity contribution in [2.75, 3.05) is 16.9 Å². The number of carbonyl (C=O) groups is 1. The number of hydrogen-bond acceptors (Lipinski definition) is 5. The first-order chi connectivity index (χ1) is 12.1. The van der Waals surface area contributed by atoms with Crippen LogP contribution in [0.5, 0.6) is 0 Å². The molecule has 2 N–H and O–H groups in total. The van der Waals surface area contributed by atoms with Gasteiger partial charge >= 0.3 is 6.03 Å². The number of amides is 2. The summed E-state index contributed by atoms with van der Waals surface area (Å²) in [6.07, 6.45) is 7.42. The second kappa shape index (κ2) is 7.52. The van der Waals surface area contributed by atoms with Crippen LogP contribution in [0.4, 0.5) is 16.2 Å². The van der Waals surface area contributed by atoms with E-state index >= 15 is 0 Å². The van der Waals surface area contributed by atoms with Gasteiger partial charge in [-0.2, -0.15) is 5.10 Å². The Bertz CT molecular complexity index is 811. The second-order valence-electron chi connectivity index (χ2n) is 5.48. The fraction of sp³-hybridized carbons (Fsp3) is 0.235. The molecular formula is C17H20N6O2. The molecule has 0 unspecified atom stereocenters. The Morgan fingerprint density at radius 1 is 1.36 bits per heavy atom. The smallest absolute Gasteiger partial charge is 0.319 e. The lowest BCUT2D eigenvalue weighted by Crippen LogP contribution is -2.28. The van der Waals surface area contributed by atoms with Crippen LogP contribution in [0.3, 0.4) is 0 Å². The highest BCUT2D eigenvalue weighted by molar-refractivity contribution is 5.89. The highest BCUT2D eigenvalue weighted by atomic mass is 16.5. The molecule has 0 saturated heterocycles. The third-order valence-corrected chi connectivity index (χ3v) is 3.46. The summed E-state index contributed by atoms with van der Waals surface area (Å²) in [5.41, 5.74) is 2.56. The molecule has 25 heavy (non-hydrogen) atoms. The maximum Gasteiger partial charge on any atom is 0.319 e. The Kier molecular flexibility index (Phi) is 4.98. The van der Waals surface area contributed by atoms with Crippen LogP contribution < -0.4 is 15.6 Å². The van der Waals surface area contributed by atoms with E-state index in [4.69, 9.17) is 4.74 Å². The predicted octanol–water partition coefficient (Wildman–Crippen LogP) is 2.43. The van der Waals surface area contributed by atoms with E-state index < -0.39 is 0 Å². The summed E-state index contributed by atoms with van der Waals surface area (Å²) < 4.78 is 7.21. The summed E-state index contributed by atoms with van der Waals surface area (Å²) >= 11 is 0. The SMILES string of the molecule is CCNC(=O)Nc1cccc(CC2=NN(c3cnn(C)c3)C=CO2)c1. The number of nitrogens with zero attached hydrogens (tertiary/aromatic N) is 4. The predicted molar refractivity (Wildman–Crippen MR) is 96.2 cm³/mol. The molecular weight excluding hydrogens is 320 g/mol. The van der Waals surface area contributed by atoms with Gasteiger partial charge in [0.05, 0.1) is 25.0 Å². The first-order valence-corrected chi connectivity index (χ1v) is 7.96. The van der Waals surface area contributed by atoms with E-state index in [0.717, 1.165) is 16.9 Å². The van der Waals surface area contributed by atoms with Gasteiger partial charge in [-0.15, -0.1) is 5.10 Å². The lowest BCUT2D eigenvalue weighted by Gasteiger charge is -2.18. The quantitative estimate of drug-likeness (QED) is 0.875. The maximum absolute atomic E-state index is 11.6. The van der Waals surface area contributed by atoms with Crippen molar-refractivity contribution in [1.29, 1.82) is 0 Å². The Morgan fingerprint density at radius 2 is 2.24 bits per heavy atom. The Hall–Kier alpha value is -3.29. The van der Waals surface area contributed by atoms with Crippen LogP contribution in [0.15, 0.2) is 54.2 Å². The molecule has 1 aliphatic rings. The van der Waals surface area contributed by atoms with E-state index in [1.165, 1.54) is 0 Å². The van der Waals surface area contributed by atoms with Crippen molar-refractivity contribution in [3.05, 3.63) is 54.7 Å². The first-order valence-electron chi connectivity index (χ1n) is 7.96. The Labute approximate surface area is 145 Å². The number of hydrogen-bond donors (Lipinski definition) is 2. The standard InChI is InChI=1S/C17H20N6O2/c1-3-18-17(24)20-14-6-4-5-13(9-14)10-16-21-23(7-8-25-16)15-11-19-22(2)12-15/h4-9,11-12H,3,10H2,1-2H3,(H2,18,20,24). The number of aromatic nitrogens is 2. The zero-order valence-corrected chi connectivity index (χ0v) is 14.1. The van der Waals surface area contributed by atoms with Gasteiger partial charge in [0, 0.05) is 19.3 Å². The van der Waals surface area contributed by atoms with E-state index in [0.29, 0.717) is 18.9 Å². The highest BCUT2D eigenvalue weighted by Crippen LogP contribution is 2.18. The van der Waals surface area contributed by atoms with Gasteiger partial charge in [-0.05, 0) is 24.6 Å². The van der Waals surface area contributed by atoms with Crippen molar-refractivity contribution in [3.63, 3.8) is 0 Å². The lowest BCUT2D eigenvalue weighted by atomic mass is 10.1. The molecule has 8 heteroatoms. The summed E-state index contributed by atoms with van der Waals surface area (Å²) in [5.74, 6) is 0.557. The van der Waals surface area contributed by atoms with Crippen LogP contribution in [0.1, 0.15) is 12.5 Å². The summed E-state index contributed by atoms with van der Waals surface area (Å²) in [5, 5.41) is 15.8. The fourth-order valence-electron chi connectivity index (χ4n) is 2.36. The molecule has 0 bridgehead atoms. The van der Waals surface area contributed by atoms with Crippen LogP contribution in [0, 0.1) is 0 Å². The van der Waals surface area contributed by atoms with Gasteiger partial charge in [-0.3, -0.25) is 4.68 Å². The number of ether oxygens (including phenoxy) is 1. The monoisotopic (exact) mass is 340 g/mol. The number of urea groups is 1. The van der Waals surface area contributed by atoms with Gasteiger partial charge in [0.25, 0.3) is 0 Å². The molecule has 1 aliphatic heterocycles. The van der Waals surface area contributed by atoms with Gasteiger partial charge in [0.1, 0.15) is 11.9 Å². The van der Waals surface area contributed by atoms with Crippen molar-refractivity contribution in [2.24, 2.45) is 12.1 Å². The van der Waals surface area contributed by atoms with Crippen molar-refractivity contribution in [1.82, 2.24) is 15.1 Å². The molecule has 0 saturated carbocycles. The number of aryl methyl sites for hydroxylation is 1. The van der Waals surface area contributed by atoms with Crippen molar-refractivity contribution in [2.45, 2.75) is 13.3 Å². The van der Waals surface area contributed by atoms with Crippen molar-refractivity contribution in [3.8, 4) is 0 Å². The minimum atomic E-state index is -0.225. The van der Waals surface area contributed by atoms with E-state index in [9.17, 15) is 4.79 Å². The molecule has 2 aromatic rings. The normalized spacial score (nSPS) is 13.2. The average molecular weight is 340 g/mol. The summed E-state index contributed by atoms with van der Waals surface area (Å²) in [6.45, 7) is 2.45. The number of benzene rings is 1. The second-order valence-corrected chi connectivity index (χ2v) is 5.48. The number of nitrogens with one attached hydrogen (secondary N) is 2. The van der Waals surface area contributed by atoms with Crippen LogP contribution in [0.2, 0.25) is 0 Å². The number of hydrazone groups is 1. The van der Waals surface area contributed by atoms with Crippen molar-refractivity contribution < 1.29 is 9.53 Å². The highest BCUT2D eigenvalue weighted by Gasteiger charge is 2.13. The minimum Gasteiger partial charge on any atom is -0.447 e. The average Bonchev–Trinajstić information content (AvgIpc) is 3.02. The van der Waals surface area contributed by atoms with Gasteiger partial charge in [0.15, 0.2) is 0 Å². The van der Waals surface area contributed by atoms with Crippen LogP contribution >= 0.6 is 0 Å². The Balaban J connectivity index is 1.69. The van der Waals surface area contributed by atoms with Crippen molar-refractivity contribution >= 4 is 23.3 Å². The topological polar surface area (TPSA) is 83.8 Å². The molecule has 0 radical (unpaired) electrons. The number of anilines is 2. The zero-order valence-electron chi connectivity index (χ0n) is 14.1. The van der Waals surface area contributed by atoms with Crippen LogP contribution in [0.25, 0.3) is 0 Å². The van der Waals surface area contributed by atoms with Crippen LogP contribution in [-0.4, -0.2) is 28.3 Å². The van der Waals surface area contributed by atoms with E-state index in [-0.39, 0.29) is 6.03 Å². The van der Waals surface area contributed by atoms with Gasteiger partial charge < -0.3 is 15.4 Å². The van der Waals surface area contributed by atoms with E-state index in [2.05, 4.69) is 20.8 Å². The third-order valence-electron chi connectivity index (χ3n) is 3.46. The molecule has 1 aromatic heterocycles. The van der Waals surface area contributed by atoms with Crippen LogP contribution in [-0.2, 0) is 18.2 Å². The molecule has 2 heterocycles. The lowest BCUT2D eigenvalue weighted by molar-refractivity contribution is 0.252. The molecule has 1 aromatic carbocycles. The van der Waals surface area contributed by atoms with Gasteiger partial charge in [-0.25, -0.2) is 9.80 Å². The molecule has 0 aliphatic carbocycles. The summed E-state index contributed by atoms with van der Waals surface area (Å²) in [7, 11) is 1.85. The first kappa shape index (κ1) is 16.6. The molecule has 8 nitrogen and oxygen atoms in total. The Morgan fingerprint density at radius 3 is 3.00 bits per heavy atom. The third kappa shape index (κ3) is 4.37. The summed E-state index contributed by atoms with van der Waals surface area (Å²) in [4.78, 5) is 11.6.